The normalized spacial score (nSPS) is 10.4. The molecule has 2 aromatic rings. The number of pyridine rings is 1. The summed E-state index contributed by atoms with van der Waals surface area (Å²) < 4.78 is 2.30. The summed E-state index contributed by atoms with van der Waals surface area (Å²) in [6.07, 6.45) is 2.56. The zero-order chi connectivity index (χ0) is 10.7. The van der Waals surface area contributed by atoms with Crippen molar-refractivity contribution in [3.05, 3.63) is 34.9 Å². The lowest BCUT2D eigenvalue weighted by Crippen LogP contribution is -2.06. The standard InChI is InChI=1S/C9H11N5S/c10-8-12-13-9(15)14(8)6-4-7-3-1-2-5-11-7/h1-3,5H,4,6H2,(H2,10,12)(H,13,15). The Kier molecular flexibility index (Phi) is 2.77. The van der Waals surface area contributed by atoms with E-state index < -0.39 is 0 Å². The Labute approximate surface area is 92.0 Å². The summed E-state index contributed by atoms with van der Waals surface area (Å²) in [5.41, 5.74) is 6.65. The lowest BCUT2D eigenvalue weighted by molar-refractivity contribution is 0.683. The van der Waals surface area contributed by atoms with E-state index in [0.717, 1.165) is 12.1 Å². The number of rotatable bonds is 3. The number of aromatic amines is 1. The number of hydrogen-bond donors (Lipinski definition) is 2. The molecule has 0 aromatic carbocycles. The molecule has 0 unspecified atom stereocenters. The minimum Gasteiger partial charge on any atom is -0.368 e. The third-order valence-electron chi connectivity index (χ3n) is 2.11. The molecule has 0 aliphatic heterocycles. The van der Waals surface area contributed by atoms with Gasteiger partial charge < -0.3 is 5.73 Å². The molecule has 3 N–H and O–H groups in total. The third-order valence-corrected chi connectivity index (χ3v) is 2.42. The molecule has 0 saturated heterocycles. The average molecular weight is 221 g/mol. The van der Waals surface area contributed by atoms with Crippen LogP contribution in [-0.2, 0) is 13.0 Å². The smallest absolute Gasteiger partial charge is 0.220 e. The summed E-state index contributed by atoms with van der Waals surface area (Å²) in [4.78, 5) is 4.22. The van der Waals surface area contributed by atoms with Gasteiger partial charge in [0.1, 0.15) is 0 Å². The highest BCUT2D eigenvalue weighted by Crippen LogP contribution is 2.02. The van der Waals surface area contributed by atoms with E-state index in [1.807, 2.05) is 18.2 Å². The fourth-order valence-electron chi connectivity index (χ4n) is 1.32. The highest BCUT2D eigenvalue weighted by atomic mass is 32.1. The van der Waals surface area contributed by atoms with Gasteiger partial charge in [0, 0.05) is 24.9 Å². The first kappa shape index (κ1) is 9.85. The Hall–Kier alpha value is -1.69. The maximum absolute atomic E-state index is 5.64. The van der Waals surface area contributed by atoms with Crippen LogP contribution >= 0.6 is 12.2 Å². The van der Waals surface area contributed by atoms with Crippen LogP contribution in [-0.4, -0.2) is 19.7 Å². The SMILES string of the molecule is Nc1n[nH]c(=S)n1CCc1ccccn1. The van der Waals surface area contributed by atoms with Crippen molar-refractivity contribution in [3.8, 4) is 0 Å². The molecule has 0 saturated carbocycles. The van der Waals surface area contributed by atoms with Crippen molar-refractivity contribution in [2.75, 3.05) is 5.73 Å². The molecular weight excluding hydrogens is 210 g/mol. The van der Waals surface area contributed by atoms with E-state index in [4.69, 9.17) is 18.0 Å². The van der Waals surface area contributed by atoms with Gasteiger partial charge >= 0.3 is 0 Å². The number of nitrogens with two attached hydrogens (primary N) is 1. The van der Waals surface area contributed by atoms with Gasteiger partial charge in [-0.15, -0.1) is 5.10 Å². The third kappa shape index (κ3) is 2.21. The predicted molar refractivity (Wildman–Crippen MR) is 59.8 cm³/mol. The van der Waals surface area contributed by atoms with Crippen molar-refractivity contribution in [2.24, 2.45) is 0 Å². The second-order valence-corrected chi connectivity index (χ2v) is 3.50. The Morgan fingerprint density at radius 3 is 2.93 bits per heavy atom. The molecule has 2 rings (SSSR count). The molecule has 2 heterocycles. The Balaban J connectivity index is 2.09. The van der Waals surface area contributed by atoms with E-state index in [0.29, 0.717) is 17.3 Å². The second kappa shape index (κ2) is 4.22. The van der Waals surface area contributed by atoms with Crippen LogP contribution in [0.2, 0.25) is 0 Å². The van der Waals surface area contributed by atoms with Gasteiger partial charge in [-0.2, -0.15) is 0 Å². The largest absolute Gasteiger partial charge is 0.368 e. The number of hydrogen-bond acceptors (Lipinski definition) is 4. The molecule has 0 radical (unpaired) electrons. The lowest BCUT2D eigenvalue weighted by Gasteiger charge is -2.02. The first-order chi connectivity index (χ1) is 7.27. The minimum atomic E-state index is 0.413. The number of nitrogens with zero attached hydrogens (tertiary/aromatic N) is 3. The summed E-state index contributed by atoms with van der Waals surface area (Å²) in [7, 11) is 0. The first-order valence-electron chi connectivity index (χ1n) is 4.58. The van der Waals surface area contributed by atoms with Crippen molar-refractivity contribution in [1.29, 1.82) is 0 Å². The van der Waals surface area contributed by atoms with Crippen LogP contribution in [0, 0.1) is 4.77 Å². The monoisotopic (exact) mass is 221 g/mol. The summed E-state index contributed by atoms with van der Waals surface area (Å²) in [6, 6.07) is 5.82. The van der Waals surface area contributed by atoms with Crippen LogP contribution in [0.25, 0.3) is 0 Å². The number of aromatic nitrogens is 4. The predicted octanol–water partition coefficient (Wildman–Crippen LogP) is 1.16. The van der Waals surface area contributed by atoms with Crippen molar-refractivity contribution >= 4 is 18.2 Å². The number of nitrogens with one attached hydrogen (secondary N) is 1. The molecule has 0 atom stereocenters. The van der Waals surface area contributed by atoms with Crippen molar-refractivity contribution < 1.29 is 0 Å². The van der Waals surface area contributed by atoms with E-state index in [1.54, 1.807) is 10.8 Å². The molecule has 2 aromatic heterocycles. The van der Waals surface area contributed by atoms with Crippen LogP contribution in [0.3, 0.4) is 0 Å². The molecule has 0 amide bonds. The van der Waals surface area contributed by atoms with E-state index in [-0.39, 0.29) is 0 Å². The molecule has 0 spiro atoms. The summed E-state index contributed by atoms with van der Waals surface area (Å²) in [5, 5.41) is 6.48. The molecular formula is C9H11N5S. The van der Waals surface area contributed by atoms with Crippen LogP contribution in [0.5, 0.6) is 0 Å². The minimum absolute atomic E-state index is 0.413. The van der Waals surface area contributed by atoms with Crippen molar-refractivity contribution in [3.63, 3.8) is 0 Å². The Morgan fingerprint density at radius 1 is 1.47 bits per heavy atom. The topological polar surface area (TPSA) is 72.5 Å². The Morgan fingerprint density at radius 2 is 2.33 bits per heavy atom. The molecule has 0 fully saturated rings. The van der Waals surface area contributed by atoms with Gasteiger partial charge in [0.15, 0.2) is 4.77 Å². The molecule has 6 heteroatoms. The quantitative estimate of drug-likeness (QED) is 0.763. The van der Waals surface area contributed by atoms with E-state index in [1.165, 1.54) is 0 Å². The summed E-state index contributed by atoms with van der Waals surface area (Å²) in [5.74, 6) is 0.413. The summed E-state index contributed by atoms with van der Waals surface area (Å²) in [6.45, 7) is 0.693. The highest BCUT2D eigenvalue weighted by molar-refractivity contribution is 7.71. The van der Waals surface area contributed by atoms with Crippen molar-refractivity contribution in [1.82, 2.24) is 19.7 Å². The molecule has 15 heavy (non-hydrogen) atoms. The van der Waals surface area contributed by atoms with E-state index >= 15 is 0 Å². The fraction of sp³-hybridized carbons (Fsp3) is 0.222. The van der Waals surface area contributed by atoms with Gasteiger partial charge in [-0.05, 0) is 24.4 Å². The fourth-order valence-corrected chi connectivity index (χ4v) is 1.55. The van der Waals surface area contributed by atoms with Crippen LogP contribution in [0.1, 0.15) is 5.69 Å². The number of H-pyrrole nitrogens is 1. The molecule has 0 bridgehead atoms. The molecule has 0 aliphatic carbocycles. The van der Waals surface area contributed by atoms with Crippen LogP contribution < -0.4 is 5.73 Å². The van der Waals surface area contributed by atoms with Gasteiger partial charge in [-0.3, -0.25) is 9.55 Å². The number of nitrogen functional groups attached to an aromatic ring is 1. The van der Waals surface area contributed by atoms with Gasteiger partial charge in [0.2, 0.25) is 5.95 Å². The highest BCUT2D eigenvalue weighted by Gasteiger charge is 2.01. The number of aryl methyl sites for hydroxylation is 1. The van der Waals surface area contributed by atoms with E-state index in [2.05, 4.69) is 15.2 Å². The number of anilines is 1. The van der Waals surface area contributed by atoms with Gasteiger partial charge in [-0.1, -0.05) is 6.07 Å². The molecule has 5 nitrogen and oxygen atoms in total. The molecule has 0 aliphatic rings. The van der Waals surface area contributed by atoms with Crippen LogP contribution in [0.15, 0.2) is 24.4 Å². The average Bonchev–Trinajstić information content (AvgIpc) is 2.58. The lowest BCUT2D eigenvalue weighted by atomic mass is 10.3. The van der Waals surface area contributed by atoms with Gasteiger partial charge in [-0.25, -0.2) is 5.10 Å². The van der Waals surface area contributed by atoms with Crippen molar-refractivity contribution in [2.45, 2.75) is 13.0 Å². The van der Waals surface area contributed by atoms with Crippen LogP contribution in [0.4, 0.5) is 5.95 Å². The van der Waals surface area contributed by atoms with E-state index in [9.17, 15) is 0 Å². The van der Waals surface area contributed by atoms with Gasteiger partial charge in [0.05, 0.1) is 0 Å². The summed E-state index contributed by atoms with van der Waals surface area (Å²) >= 11 is 5.03. The van der Waals surface area contributed by atoms with Gasteiger partial charge in [0.25, 0.3) is 0 Å². The maximum Gasteiger partial charge on any atom is 0.220 e. The molecule has 78 valence electrons. The zero-order valence-electron chi connectivity index (χ0n) is 8.05. The Bertz CT molecular complexity index is 487. The maximum atomic E-state index is 5.64. The second-order valence-electron chi connectivity index (χ2n) is 3.11. The first-order valence-corrected chi connectivity index (χ1v) is 4.99. The zero-order valence-corrected chi connectivity index (χ0v) is 8.87.